The Hall–Kier alpha value is -1.85. The fourth-order valence-electron chi connectivity index (χ4n) is 2.47. The van der Waals surface area contributed by atoms with Crippen LogP contribution in [0.5, 0.6) is 0 Å². The Bertz CT molecular complexity index is 573. The number of nitrogens with one attached hydrogen (secondary N) is 1. The molecule has 126 valence electrons. The van der Waals surface area contributed by atoms with Crippen molar-refractivity contribution in [3.8, 4) is 0 Å². The molecule has 5 heteroatoms. The molecule has 0 aromatic heterocycles. The monoisotopic (exact) mass is 318 g/mol. The van der Waals surface area contributed by atoms with E-state index in [9.17, 15) is 9.90 Å². The molecule has 0 fully saturated rings. The predicted octanol–water partition coefficient (Wildman–Crippen LogP) is 2.92. The summed E-state index contributed by atoms with van der Waals surface area (Å²) in [5, 5.41) is 12.5. The first-order valence-electron chi connectivity index (χ1n) is 7.93. The van der Waals surface area contributed by atoms with Gasteiger partial charge in [-0.3, -0.25) is 5.32 Å². The summed E-state index contributed by atoms with van der Waals surface area (Å²) in [6, 6.07) is 7.84. The number of benzene rings is 1. The molecule has 2 N–H and O–H groups in total. The molecule has 1 aliphatic heterocycles. The Labute approximate surface area is 137 Å². The van der Waals surface area contributed by atoms with Crippen LogP contribution in [0.15, 0.2) is 30.3 Å². The van der Waals surface area contributed by atoms with Gasteiger partial charge in [0.05, 0.1) is 0 Å². The first-order valence-corrected chi connectivity index (χ1v) is 7.93. The number of carbonyl (C=O) groups is 1. The van der Waals surface area contributed by atoms with E-state index in [0.717, 1.165) is 17.5 Å². The Morgan fingerprint density at radius 1 is 1.30 bits per heavy atom. The normalized spacial score (nSPS) is 16.7. The van der Waals surface area contributed by atoms with Gasteiger partial charge in [-0.25, -0.2) is 4.79 Å². The van der Waals surface area contributed by atoms with Gasteiger partial charge in [-0.1, -0.05) is 30.3 Å². The highest BCUT2D eigenvalue weighted by atomic mass is 16.6. The maximum Gasteiger partial charge on any atom is 0.410 e. The van der Waals surface area contributed by atoms with E-state index in [1.165, 1.54) is 5.57 Å². The van der Waals surface area contributed by atoms with Gasteiger partial charge in [-0.15, -0.1) is 0 Å². The van der Waals surface area contributed by atoms with E-state index in [1.54, 1.807) is 11.9 Å². The molecule has 1 atom stereocenters. The van der Waals surface area contributed by atoms with Crippen LogP contribution in [0, 0.1) is 0 Å². The quantitative estimate of drug-likeness (QED) is 0.841. The van der Waals surface area contributed by atoms with Crippen LogP contribution >= 0.6 is 0 Å². The molecule has 1 amide bonds. The maximum absolute atomic E-state index is 12.0. The lowest BCUT2D eigenvalue weighted by Crippen LogP contribution is -2.39. The van der Waals surface area contributed by atoms with Gasteiger partial charge in [-0.2, -0.15) is 0 Å². The van der Waals surface area contributed by atoms with Crippen molar-refractivity contribution in [2.45, 2.75) is 39.0 Å². The van der Waals surface area contributed by atoms with Gasteiger partial charge >= 0.3 is 6.09 Å². The van der Waals surface area contributed by atoms with Crippen molar-refractivity contribution < 1.29 is 14.6 Å². The molecule has 0 saturated heterocycles. The third-order valence-corrected chi connectivity index (χ3v) is 3.73. The van der Waals surface area contributed by atoms with E-state index in [0.29, 0.717) is 13.1 Å². The molecule has 0 spiro atoms. The first kappa shape index (κ1) is 17.5. The van der Waals surface area contributed by atoms with Gasteiger partial charge in [0.2, 0.25) is 0 Å². The fourth-order valence-corrected chi connectivity index (χ4v) is 2.47. The minimum absolute atomic E-state index is 0.264. The number of hydrogen-bond acceptors (Lipinski definition) is 4. The number of nitrogens with zero attached hydrogens (tertiary/aromatic N) is 1. The van der Waals surface area contributed by atoms with Crippen LogP contribution in [0.3, 0.4) is 0 Å². The lowest BCUT2D eigenvalue weighted by Gasteiger charge is -2.29. The molecule has 2 rings (SSSR count). The van der Waals surface area contributed by atoms with Crippen LogP contribution in [-0.2, 0) is 4.74 Å². The SMILES string of the molecule is CNC(O)c1ccc(C2=CCN(C(=O)OC(C)(C)C)CC2)cc1. The molecule has 1 heterocycles. The zero-order valence-corrected chi connectivity index (χ0v) is 14.3. The minimum atomic E-state index is -0.646. The van der Waals surface area contributed by atoms with Gasteiger partial charge in [0.1, 0.15) is 11.8 Å². The second kappa shape index (κ2) is 7.15. The zero-order valence-electron chi connectivity index (χ0n) is 14.3. The topological polar surface area (TPSA) is 61.8 Å². The standard InChI is InChI=1S/C18H26N2O3/c1-18(2,3)23-17(22)20-11-9-14(10-12-20)13-5-7-15(8-6-13)16(21)19-4/h5-9,16,19,21H,10-12H2,1-4H3. The molecule has 1 aromatic rings. The molecular weight excluding hydrogens is 292 g/mol. The van der Waals surface area contributed by atoms with Crippen molar-refractivity contribution in [2.75, 3.05) is 20.1 Å². The van der Waals surface area contributed by atoms with Crippen molar-refractivity contribution in [1.29, 1.82) is 0 Å². The molecular formula is C18H26N2O3. The first-order chi connectivity index (χ1) is 10.8. The van der Waals surface area contributed by atoms with E-state index < -0.39 is 11.8 Å². The van der Waals surface area contributed by atoms with E-state index >= 15 is 0 Å². The predicted molar refractivity (Wildman–Crippen MR) is 90.9 cm³/mol. The number of aliphatic hydroxyl groups is 1. The van der Waals surface area contributed by atoms with E-state index in [2.05, 4.69) is 11.4 Å². The number of aliphatic hydroxyl groups excluding tert-OH is 1. The highest BCUT2D eigenvalue weighted by molar-refractivity contribution is 5.72. The van der Waals surface area contributed by atoms with Crippen molar-refractivity contribution in [3.05, 3.63) is 41.5 Å². The third-order valence-electron chi connectivity index (χ3n) is 3.73. The van der Waals surface area contributed by atoms with E-state index in [-0.39, 0.29) is 6.09 Å². The fraction of sp³-hybridized carbons (Fsp3) is 0.500. The van der Waals surface area contributed by atoms with Crippen LogP contribution < -0.4 is 5.32 Å². The Morgan fingerprint density at radius 3 is 2.43 bits per heavy atom. The molecule has 0 bridgehead atoms. The van der Waals surface area contributed by atoms with Gasteiger partial charge in [0, 0.05) is 13.1 Å². The Morgan fingerprint density at radius 2 is 1.96 bits per heavy atom. The highest BCUT2D eigenvalue weighted by Gasteiger charge is 2.23. The molecule has 0 saturated carbocycles. The summed E-state index contributed by atoms with van der Waals surface area (Å²) in [7, 11) is 1.72. The summed E-state index contributed by atoms with van der Waals surface area (Å²) in [5.74, 6) is 0. The van der Waals surface area contributed by atoms with Crippen LogP contribution in [0.4, 0.5) is 4.79 Å². The molecule has 5 nitrogen and oxygen atoms in total. The Balaban J connectivity index is 2.00. The third kappa shape index (κ3) is 4.81. The summed E-state index contributed by atoms with van der Waals surface area (Å²) in [6.07, 6.45) is 1.96. The van der Waals surface area contributed by atoms with Gasteiger partial charge in [0.15, 0.2) is 0 Å². The molecule has 0 aliphatic carbocycles. The minimum Gasteiger partial charge on any atom is -0.444 e. The van der Waals surface area contributed by atoms with Gasteiger partial charge < -0.3 is 14.7 Å². The lowest BCUT2D eigenvalue weighted by molar-refractivity contribution is 0.0270. The van der Waals surface area contributed by atoms with Gasteiger partial charge in [0.25, 0.3) is 0 Å². The molecule has 1 unspecified atom stereocenters. The summed E-state index contributed by atoms with van der Waals surface area (Å²) in [5.41, 5.74) is 2.71. The van der Waals surface area contributed by atoms with Crippen molar-refractivity contribution in [3.63, 3.8) is 0 Å². The molecule has 23 heavy (non-hydrogen) atoms. The number of ether oxygens (including phenoxy) is 1. The summed E-state index contributed by atoms with van der Waals surface area (Å²) in [6.45, 7) is 6.83. The second-order valence-electron chi connectivity index (χ2n) is 6.72. The summed E-state index contributed by atoms with van der Waals surface area (Å²) < 4.78 is 5.40. The van der Waals surface area contributed by atoms with Gasteiger partial charge in [-0.05, 0) is 50.9 Å². The average Bonchev–Trinajstić information content (AvgIpc) is 2.53. The summed E-state index contributed by atoms with van der Waals surface area (Å²) >= 11 is 0. The van der Waals surface area contributed by atoms with Crippen LogP contribution in [-0.4, -0.2) is 41.8 Å². The largest absolute Gasteiger partial charge is 0.444 e. The van der Waals surface area contributed by atoms with E-state index in [4.69, 9.17) is 4.74 Å². The Kier molecular flexibility index (Phi) is 5.44. The second-order valence-corrected chi connectivity index (χ2v) is 6.72. The highest BCUT2D eigenvalue weighted by Crippen LogP contribution is 2.24. The zero-order chi connectivity index (χ0) is 17.0. The molecule has 1 aliphatic rings. The maximum atomic E-state index is 12.0. The van der Waals surface area contributed by atoms with Crippen LogP contribution in [0.25, 0.3) is 5.57 Å². The van der Waals surface area contributed by atoms with Crippen LogP contribution in [0.1, 0.15) is 44.5 Å². The number of hydrogen-bond donors (Lipinski definition) is 2. The number of rotatable bonds is 3. The smallest absolute Gasteiger partial charge is 0.410 e. The van der Waals surface area contributed by atoms with Crippen molar-refractivity contribution in [1.82, 2.24) is 10.2 Å². The molecule has 1 aromatic carbocycles. The van der Waals surface area contributed by atoms with Crippen LogP contribution in [0.2, 0.25) is 0 Å². The van der Waals surface area contributed by atoms with Crippen molar-refractivity contribution in [2.24, 2.45) is 0 Å². The average molecular weight is 318 g/mol. The summed E-state index contributed by atoms with van der Waals surface area (Å²) in [4.78, 5) is 13.8. The number of carbonyl (C=O) groups excluding carboxylic acids is 1. The van der Waals surface area contributed by atoms with Crippen molar-refractivity contribution >= 4 is 11.7 Å². The van der Waals surface area contributed by atoms with E-state index in [1.807, 2.05) is 45.0 Å². The lowest BCUT2D eigenvalue weighted by atomic mass is 9.98. The number of amides is 1. The molecule has 0 radical (unpaired) electrons.